The molecule has 21 nitrogen and oxygen atoms in total. The molecule has 7 heterocycles. The Morgan fingerprint density at radius 3 is 2.43 bits per heavy atom. The molecule has 236 valence electrons. The molecule has 11 atom stereocenters. The summed E-state index contributed by atoms with van der Waals surface area (Å²) in [6.07, 6.45) is -7.43. The Morgan fingerprint density at radius 1 is 0.955 bits per heavy atom. The van der Waals surface area contributed by atoms with Crippen LogP contribution < -0.4 is 5.73 Å². The fourth-order valence-corrected chi connectivity index (χ4v) is 7.33. The molecular formula is C21H24N8O13P2. The third kappa shape index (κ3) is 5.10. The normalized spacial score (nSPS) is 42.5. The lowest BCUT2D eigenvalue weighted by Crippen LogP contribution is -2.49. The van der Waals surface area contributed by atoms with Crippen LogP contribution >= 0.6 is 15.6 Å². The second-order valence-electron chi connectivity index (χ2n) is 10.1. The van der Waals surface area contributed by atoms with Crippen molar-refractivity contribution in [1.82, 2.24) is 19.4 Å². The molecule has 3 fully saturated rings. The molecule has 2 bridgehead atoms. The monoisotopic (exact) mass is 658 g/mol. The first-order chi connectivity index (χ1) is 20.9. The average Bonchev–Trinajstić information content (AvgIpc) is 3.73. The van der Waals surface area contributed by atoms with E-state index in [1.807, 2.05) is 0 Å². The molecule has 5 aliphatic rings. The Hall–Kier alpha value is -3.04. The summed E-state index contributed by atoms with van der Waals surface area (Å²) in [5.74, 6) is -0.440. The van der Waals surface area contributed by atoms with Crippen molar-refractivity contribution in [2.45, 2.75) is 55.1 Å². The molecule has 0 aromatic carbocycles. The average molecular weight is 658 g/mol. The minimum absolute atomic E-state index is 0.0372. The molecule has 23 heteroatoms. The Kier molecular flexibility index (Phi) is 7.28. The number of phosphoric acid groups is 2. The van der Waals surface area contributed by atoms with Gasteiger partial charge in [0.2, 0.25) is 0 Å². The number of aliphatic hydroxyl groups excluding tert-OH is 2. The number of aromatic nitrogens is 3. The maximum absolute atomic E-state index is 13.2. The van der Waals surface area contributed by atoms with Gasteiger partial charge in [-0.05, 0) is 6.07 Å². The number of anilines is 1. The molecule has 0 aliphatic carbocycles. The molecule has 0 radical (unpaired) electrons. The van der Waals surface area contributed by atoms with Crippen LogP contribution in [0.4, 0.5) is 5.82 Å². The van der Waals surface area contributed by atoms with Crippen molar-refractivity contribution in [2.75, 3.05) is 18.9 Å². The number of fused-ring (bicyclic) bond motifs is 5. The summed E-state index contributed by atoms with van der Waals surface area (Å²) in [5, 5.41) is 22.5. The van der Waals surface area contributed by atoms with Crippen molar-refractivity contribution in [3.05, 3.63) is 18.6 Å². The second kappa shape index (κ2) is 10.8. The highest BCUT2D eigenvalue weighted by molar-refractivity contribution is 7.47. The van der Waals surface area contributed by atoms with Crippen molar-refractivity contribution in [2.24, 2.45) is 15.0 Å². The van der Waals surface area contributed by atoms with Gasteiger partial charge in [-0.2, -0.15) is 4.99 Å². The van der Waals surface area contributed by atoms with Crippen LogP contribution in [0, 0.1) is 0 Å². The van der Waals surface area contributed by atoms with Crippen molar-refractivity contribution in [3.63, 3.8) is 0 Å². The number of hydrogen-bond donors (Lipinski definition) is 5. The number of ether oxygens (including phenoxy) is 2. The summed E-state index contributed by atoms with van der Waals surface area (Å²) >= 11 is 0. The number of aliphatic hydroxyl groups is 2. The summed E-state index contributed by atoms with van der Waals surface area (Å²) in [5.41, 5.74) is 6.15. The third-order valence-electron chi connectivity index (χ3n) is 7.48. The highest BCUT2D eigenvalue weighted by atomic mass is 31.2. The predicted octanol–water partition coefficient (Wildman–Crippen LogP) is -1.94. The molecule has 0 spiro atoms. The summed E-state index contributed by atoms with van der Waals surface area (Å²) in [6, 6.07) is 0.455. The van der Waals surface area contributed by atoms with Gasteiger partial charge in [-0.3, -0.25) is 32.8 Å². The van der Waals surface area contributed by atoms with E-state index in [0.29, 0.717) is 5.39 Å². The van der Waals surface area contributed by atoms with E-state index >= 15 is 0 Å². The third-order valence-corrected chi connectivity index (χ3v) is 9.45. The molecule has 1 amide bonds. The van der Waals surface area contributed by atoms with Crippen LogP contribution in [0.25, 0.3) is 11.0 Å². The molecule has 5 aliphatic heterocycles. The Labute approximate surface area is 245 Å². The van der Waals surface area contributed by atoms with Gasteiger partial charge in [0.05, 0.1) is 24.9 Å². The first-order valence-electron chi connectivity index (χ1n) is 12.9. The number of carbonyl (C=O) groups excluding carboxylic acids is 1. The first-order valence-corrected chi connectivity index (χ1v) is 15.9. The molecule has 7 rings (SSSR count). The second-order valence-corrected chi connectivity index (χ2v) is 13.0. The molecule has 2 aromatic heterocycles. The highest BCUT2D eigenvalue weighted by Gasteiger charge is 2.55. The summed E-state index contributed by atoms with van der Waals surface area (Å²) < 4.78 is 60.1. The van der Waals surface area contributed by atoms with Crippen LogP contribution in [0.1, 0.15) is 6.23 Å². The van der Waals surface area contributed by atoms with E-state index in [4.69, 9.17) is 33.3 Å². The van der Waals surface area contributed by atoms with Crippen LogP contribution in [0.3, 0.4) is 0 Å². The van der Waals surface area contributed by atoms with Crippen LogP contribution in [0.5, 0.6) is 0 Å². The Balaban J connectivity index is 1.17. The maximum Gasteiger partial charge on any atom is 0.472 e. The van der Waals surface area contributed by atoms with Gasteiger partial charge >= 0.3 is 15.6 Å². The number of amidine groups is 1. The molecule has 0 saturated carbocycles. The van der Waals surface area contributed by atoms with Crippen LogP contribution in [-0.4, -0.2) is 126 Å². The number of nitrogens with zero attached hydrogens (tertiary/aromatic N) is 7. The minimum Gasteiger partial charge on any atom is -0.387 e. The topological polar surface area (TPSA) is 285 Å². The summed E-state index contributed by atoms with van der Waals surface area (Å²) in [4.78, 5) is 54.2. The molecule has 3 saturated heterocycles. The highest BCUT2D eigenvalue weighted by Crippen LogP contribution is 2.53. The smallest absolute Gasteiger partial charge is 0.387 e. The maximum atomic E-state index is 13.2. The number of phosphoric ester groups is 2. The largest absolute Gasteiger partial charge is 0.472 e. The summed E-state index contributed by atoms with van der Waals surface area (Å²) in [7, 11) is -10.1. The van der Waals surface area contributed by atoms with E-state index in [1.165, 1.54) is 22.0 Å². The first kappa shape index (κ1) is 29.7. The van der Waals surface area contributed by atoms with Crippen LogP contribution in [-0.2, 0) is 41.5 Å². The van der Waals surface area contributed by atoms with Crippen LogP contribution in [0.15, 0.2) is 33.6 Å². The number of rotatable bonds is 2. The summed E-state index contributed by atoms with van der Waals surface area (Å²) in [6.45, 7) is -1.58. The van der Waals surface area contributed by atoms with E-state index < -0.39 is 89.9 Å². The van der Waals surface area contributed by atoms with Gasteiger partial charge in [0.25, 0.3) is 5.91 Å². The molecule has 44 heavy (non-hydrogen) atoms. The lowest BCUT2D eigenvalue weighted by Gasteiger charge is -2.30. The number of hydrogen-bond acceptors (Lipinski definition) is 17. The van der Waals surface area contributed by atoms with Gasteiger partial charge in [0, 0.05) is 6.20 Å². The number of carbonyl (C=O) groups is 1. The van der Waals surface area contributed by atoms with Crippen molar-refractivity contribution >= 4 is 56.9 Å². The van der Waals surface area contributed by atoms with Gasteiger partial charge in [-0.15, -0.1) is 0 Å². The molecule has 3 unspecified atom stereocenters. The molecule has 6 N–H and O–H groups in total. The van der Waals surface area contributed by atoms with E-state index in [0.717, 1.165) is 12.7 Å². The Bertz CT molecular complexity index is 1690. The molecular weight excluding hydrogens is 634 g/mol. The number of nitrogens with two attached hydrogens (primary N) is 1. The van der Waals surface area contributed by atoms with Crippen molar-refractivity contribution in [1.29, 1.82) is 0 Å². The fourth-order valence-electron chi connectivity index (χ4n) is 5.44. The van der Waals surface area contributed by atoms with Gasteiger partial charge in [-0.1, -0.05) is 0 Å². The SMILES string of the molecule is Nc1ncnc2c1ccn2[C@@H]1O[C@@H]2COP(=O)(O)O[C@@H]3[C@H](O)[C@@H](COP(=O)(O)O[C@H]2[C@H]1O)O[C@H]3N1C=NC2C(=O)N=CN=C21. The van der Waals surface area contributed by atoms with Gasteiger partial charge < -0.3 is 39.8 Å². The standard InChI is InChI=1S/C21H24N8O13P2/c22-16-8-1-2-28(17(8)24-5-23-16)20-13(31)14-10(40-20)4-38-44(35,36)42-15-12(30)9(3-37-43(33,34)41-14)39-21(15)29-7-27-11-18(29)25-6-26-19(11)32/h1-2,5-7,9-15,20-21,30-31H,3-4H2,(H,33,34)(H,35,36)(H2,22,23,24)/t9-,10-,11?,12-,13-,14-,15-,20-,21-/m1/s1. The van der Waals surface area contributed by atoms with E-state index in [9.17, 15) is 33.9 Å². The number of amides is 1. The zero-order valence-electron chi connectivity index (χ0n) is 22.1. The van der Waals surface area contributed by atoms with E-state index in [1.54, 1.807) is 6.07 Å². The van der Waals surface area contributed by atoms with Crippen molar-refractivity contribution in [3.8, 4) is 0 Å². The van der Waals surface area contributed by atoms with Gasteiger partial charge in [0.15, 0.2) is 18.5 Å². The number of nitrogen functional groups attached to an aromatic ring is 1. The number of aliphatic imine (C=N–C) groups is 3. The predicted molar refractivity (Wildman–Crippen MR) is 143 cm³/mol. The minimum atomic E-state index is -5.07. The van der Waals surface area contributed by atoms with E-state index in [2.05, 4.69) is 24.9 Å². The van der Waals surface area contributed by atoms with E-state index in [-0.39, 0.29) is 17.3 Å². The fraction of sp³-hybridized carbons (Fsp3) is 0.524. The van der Waals surface area contributed by atoms with Gasteiger partial charge in [-0.25, -0.2) is 24.1 Å². The quantitative estimate of drug-likeness (QED) is 0.219. The lowest BCUT2D eigenvalue weighted by molar-refractivity contribution is -0.117. The van der Waals surface area contributed by atoms with Crippen molar-refractivity contribution < 1.29 is 61.5 Å². The zero-order valence-corrected chi connectivity index (χ0v) is 23.9. The van der Waals surface area contributed by atoms with Gasteiger partial charge in [0.1, 0.15) is 66.6 Å². The molecule has 2 aromatic rings. The zero-order chi connectivity index (χ0) is 31.0. The van der Waals surface area contributed by atoms with Crippen LogP contribution in [0.2, 0.25) is 0 Å². The Morgan fingerprint density at radius 2 is 1.66 bits per heavy atom. The lowest BCUT2D eigenvalue weighted by atomic mass is 10.1.